The topological polar surface area (TPSA) is 47.6 Å². The molecule has 0 saturated carbocycles. The lowest BCUT2D eigenvalue weighted by Gasteiger charge is -2.27. The second kappa shape index (κ2) is 6.21. The monoisotopic (exact) mass is 231 g/mol. The average Bonchev–Trinajstić information content (AvgIpc) is 2.21. The number of hydrogen-bond acceptors (Lipinski definition) is 4. The summed E-state index contributed by atoms with van der Waals surface area (Å²) in [6, 6.07) is 0. The highest BCUT2D eigenvalue weighted by atomic mass is 16.5. The molecule has 0 rings (SSSR count). The number of nitrogens with one attached hydrogen (secondary N) is 1. The van der Waals surface area contributed by atoms with Crippen LogP contribution in [0.4, 0.5) is 0 Å². The van der Waals surface area contributed by atoms with Crippen LogP contribution in [-0.2, 0) is 14.3 Å². The zero-order valence-corrected chi connectivity index (χ0v) is 11.3. The van der Waals surface area contributed by atoms with Crippen LogP contribution in [0.25, 0.3) is 0 Å². The highest BCUT2D eigenvalue weighted by Crippen LogP contribution is 2.15. The van der Waals surface area contributed by atoms with Gasteiger partial charge in [-0.2, -0.15) is 0 Å². The fourth-order valence-electron chi connectivity index (χ4n) is 1.36. The Labute approximate surface area is 98.7 Å². The van der Waals surface area contributed by atoms with Gasteiger partial charge in [0.05, 0.1) is 12.7 Å². The molecule has 0 heterocycles. The molecule has 1 N–H and O–H groups in total. The standard InChI is InChI=1S/C12H25NO3/c1-11(2,3)16-9-7-8-12(4,13-5)10(14)15-6/h13H,7-9H2,1-6H3. The molecule has 0 spiro atoms. The molecular formula is C12H25NO3. The minimum absolute atomic E-state index is 0.124. The molecule has 0 aliphatic carbocycles. The van der Waals surface area contributed by atoms with Crippen molar-refractivity contribution < 1.29 is 14.3 Å². The van der Waals surface area contributed by atoms with Gasteiger partial charge in [0, 0.05) is 6.61 Å². The molecule has 1 atom stereocenters. The maximum Gasteiger partial charge on any atom is 0.325 e. The molecule has 0 aromatic rings. The summed E-state index contributed by atoms with van der Waals surface area (Å²) < 4.78 is 10.4. The third kappa shape index (κ3) is 5.47. The van der Waals surface area contributed by atoms with Crippen molar-refractivity contribution in [3.8, 4) is 0 Å². The SMILES string of the molecule is CNC(C)(CCCOC(C)(C)C)C(=O)OC. The lowest BCUT2D eigenvalue weighted by atomic mass is 9.96. The summed E-state index contributed by atoms with van der Waals surface area (Å²) in [5, 5.41) is 3.00. The summed E-state index contributed by atoms with van der Waals surface area (Å²) >= 11 is 0. The van der Waals surface area contributed by atoms with Gasteiger partial charge in [-0.25, -0.2) is 0 Å². The summed E-state index contributed by atoms with van der Waals surface area (Å²) in [6.45, 7) is 8.55. The van der Waals surface area contributed by atoms with Gasteiger partial charge in [0.15, 0.2) is 0 Å². The van der Waals surface area contributed by atoms with Crippen molar-refractivity contribution in [2.24, 2.45) is 0 Å². The molecule has 1 unspecified atom stereocenters. The first-order valence-corrected chi connectivity index (χ1v) is 5.66. The fraction of sp³-hybridized carbons (Fsp3) is 0.917. The first kappa shape index (κ1) is 15.4. The number of likely N-dealkylation sites (N-methyl/N-ethyl adjacent to an activating group) is 1. The first-order chi connectivity index (χ1) is 7.25. The van der Waals surface area contributed by atoms with Gasteiger partial charge in [0.1, 0.15) is 5.54 Å². The second-order valence-electron chi connectivity index (χ2n) is 5.14. The van der Waals surface area contributed by atoms with E-state index in [1.165, 1.54) is 7.11 Å². The van der Waals surface area contributed by atoms with Gasteiger partial charge in [-0.1, -0.05) is 0 Å². The van der Waals surface area contributed by atoms with Crippen molar-refractivity contribution in [1.29, 1.82) is 0 Å². The number of methoxy groups -OCH3 is 1. The molecule has 0 aromatic carbocycles. The van der Waals surface area contributed by atoms with Gasteiger partial charge in [0.25, 0.3) is 0 Å². The van der Waals surface area contributed by atoms with Gasteiger partial charge in [-0.3, -0.25) is 4.79 Å². The minimum Gasteiger partial charge on any atom is -0.468 e. The Morgan fingerprint density at radius 2 is 1.81 bits per heavy atom. The number of carbonyl (C=O) groups excluding carboxylic acids is 1. The number of carbonyl (C=O) groups is 1. The van der Waals surface area contributed by atoms with Crippen LogP contribution < -0.4 is 5.32 Å². The summed E-state index contributed by atoms with van der Waals surface area (Å²) in [4.78, 5) is 11.5. The molecule has 0 saturated heterocycles. The Balaban J connectivity index is 4.02. The summed E-state index contributed by atoms with van der Waals surface area (Å²) in [5.41, 5.74) is -0.739. The van der Waals surface area contributed by atoms with E-state index in [1.807, 2.05) is 27.7 Å². The maximum absolute atomic E-state index is 11.5. The molecule has 4 nitrogen and oxygen atoms in total. The normalized spacial score (nSPS) is 15.6. The number of esters is 1. The van der Waals surface area contributed by atoms with Crippen LogP contribution in [0.15, 0.2) is 0 Å². The highest BCUT2D eigenvalue weighted by molar-refractivity contribution is 5.80. The smallest absolute Gasteiger partial charge is 0.325 e. The van der Waals surface area contributed by atoms with Crippen LogP contribution in [0.3, 0.4) is 0 Å². The van der Waals surface area contributed by atoms with E-state index in [0.717, 1.165) is 6.42 Å². The van der Waals surface area contributed by atoms with E-state index in [9.17, 15) is 4.79 Å². The number of hydrogen-bond donors (Lipinski definition) is 1. The van der Waals surface area contributed by atoms with Crippen molar-refractivity contribution in [2.75, 3.05) is 20.8 Å². The molecule has 16 heavy (non-hydrogen) atoms. The van der Waals surface area contributed by atoms with E-state index in [-0.39, 0.29) is 11.6 Å². The Kier molecular flexibility index (Phi) is 5.97. The molecule has 0 aliphatic heterocycles. The lowest BCUT2D eigenvalue weighted by molar-refractivity contribution is -0.148. The largest absolute Gasteiger partial charge is 0.468 e. The molecule has 0 bridgehead atoms. The molecular weight excluding hydrogens is 206 g/mol. The molecule has 4 heteroatoms. The summed E-state index contributed by atoms with van der Waals surface area (Å²) in [6.07, 6.45) is 1.52. The fourth-order valence-corrected chi connectivity index (χ4v) is 1.36. The molecule has 0 aromatic heterocycles. The van der Waals surface area contributed by atoms with E-state index in [1.54, 1.807) is 7.05 Å². The van der Waals surface area contributed by atoms with Crippen LogP contribution in [0.2, 0.25) is 0 Å². The predicted molar refractivity (Wildman–Crippen MR) is 64.4 cm³/mol. The maximum atomic E-state index is 11.5. The molecule has 96 valence electrons. The van der Waals surface area contributed by atoms with E-state index < -0.39 is 5.54 Å². The number of rotatable bonds is 6. The van der Waals surface area contributed by atoms with Crippen LogP contribution >= 0.6 is 0 Å². The zero-order valence-electron chi connectivity index (χ0n) is 11.3. The lowest BCUT2D eigenvalue weighted by Crippen LogP contribution is -2.48. The predicted octanol–water partition coefficient (Wildman–Crippen LogP) is 1.73. The van der Waals surface area contributed by atoms with Crippen LogP contribution in [0.5, 0.6) is 0 Å². The summed E-state index contributed by atoms with van der Waals surface area (Å²) in [5.74, 6) is -0.231. The van der Waals surface area contributed by atoms with E-state index in [2.05, 4.69) is 5.32 Å². The van der Waals surface area contributed by atoms with Crippen molar-refractivity contribution in [2.45, 2.75) is 51.7 Å². The van der Waals surface area contributed by atoms with Crippen LogP contribution in [-0.4, -0.2) is 37.9 Å². The third-order valence-electron chi connectivity index (χ3n) is 2.54. The van der Waals surface area contributed by atoms with Gasteiger partial charge in [-0.05, 0) is 47.6 Å². The summed E-state index contributed by atoms with van der Waals surface area (Å²) in [7, 11) is 3.17. The highest BCUT2D eigenvalue weighted by Gasteiger charge is 2.31. The molecule has 0 aliphatic rings. The van der Waals surface area contributed by atoms with E-state index in [0.29, 0.717) is 13.0 Å². The Morgan fingerprint density at radius 3 is 2.19 bits per heavy atom. The van der Waals surface area contributed by atoms with Crippen molar-refractivity contribution in [3.63, 3.8) is 0 Å². The molecule has 0 amide bonds. The number of ether oxygens (including phenoxy) is 2. The van der Waals surface area contributed by atoms with Crippen molar-refractivity contribution in [3.05, 3.63) is 0 Å². The third-order valence-corrected chi connectivity index (χ3v) is 2.54. The van der Waals surface area contributed by atoms with Gasteiger partial charge >= 0.3 is 5.97 Å². The van der Waals surface area contributed by atoms with Crippen LogP contribution in [0, 0.1) is 0 Å². The Morgan fingerprint density at radius 1 is 1.25 bits per heavy atom. The van der Waals surface area contributed by atoms with Gasteiger partial charge in [0.2, 0.25) is 0 Å². The van der Waals surface area contributed by atoms with Crippen LogP contribution in [0.1, 0.15) is 40.5 Å². The van der Waals surface area contributed by atoms with Gasteiger partial charge < -0.3 is 14.8 Å². The zero-order chi connectivity index (χ0) is 12.8. The molecule has 0 radical (unpaired) electrons. The van der Waals surface area contributed by atoms with Crippen molar-refractivity contribution >= 4 is 5.97 Å². The average molecular weight is 231 g/mol. The second-order valence-corrected chi connectivity index (χ2v) is 5.14. The van der Waals surface area contributed by atoms with Crippen molar-refractivity contribution in [1.82, 2.24) is 5.32 Å². The Bertz CT molecular complexity index is 223. The molecule has 0 fully saturated rings. The quantitative estimate of drug-likeness (QED) is 0.558. The van der Waals surface area contributed by atoms with E-state index >= 15 is 0 Å². The first-order valence-electron chi connectivity index (χ1n) is 5.66. The minimum atomic E-state index is -0.615. The van der Waals surface area contributed by atoms with Gasteiger partial charge in [-0.15, -0.1) is 0 Å². The Hall–Kier alpha value is -0.610. The van der Waals surface area contributed by atoms with E-state index in [4.69, 9.17) is 9.47 Å².